The maximum Gasteiger partial charge on any atom is 0.246 e. The number of benzene rings is 1. The summed E-state index contributed by atoms with van der Waals surface area (Å²) in [6, 6.07) is 7.54. The molecule has 0 unspecified atom stereocenters. The standard InChI is InChI=1S/C21H23N3O4S/c1-12-18(13-7-9-14(28-2)10-8-13)23-21(29-12)22-17(25)11-24-19(26)15-5-3-4-6-16(15)20(24)27/h7-10,15-16H,3-6,11H2,1-2H3,(H,22,23,25)/t15-,16+. The van der Waals surface area contributed by atoms with Crippen LogP contribution in [0.15, 0.2) is 24.3 Å². The van der Waals surface area contributed by atoms with Gasteiger partial charge in [0.05, 0.1) is 24.6 Å². The van der Waals surface area contributed by atoms with Crippen molar-refractivity contribution in [3.63, 3.8) is 0 Å². The third-order valence-electron chi connectivity index (χ3n) is 5.64. The molecule has 2 aromatic rings. The van der Waals surface area contributed by atoms with E-state index < -0.39 is 5.91 Å². The van der Waals surface area contributed by atoms with Crippen LogP contribution in [0.4, 0.5) is 5.13 Å². The Hall–Kier alpha value is -2.74. The maximum atomic E-state index is 12.5. The maximum absolute atomic E-state index is 12.5. The molecule has 0 bridgehead atoms. The first-order valence-electron chi connectivity index (χ1n) is 9.75. The highest BCUT2D eigenvalue weighted by molar-refractivity contribution is 7.16. The van der Waals surface area contributed by atoms with Crippen molar-refractivity contribution < 1.29 is 19.1 Å². The van der Waals surface area contributed by atoms with Crippen molar-refractivity contribution in [2.45, 2.75) is 32.6 Å². The number of nitrogens with one attached hydrogen (secondary N) is 1. The van der Waals surface area contributed by atoms with Crippen molar-refractivity contribution in [1.82, 2.24) is 9.88 Å². The summed E-state index contributed by atoms with van der Waals surface area (Å²) in [5.41, 5.74) is 1.71. The van der Waals surface area contributed by atoms with E-state index in [0.29, 0.717) is 5.13 Å². The Morgan fingerprint density at radius 1 is 1.17 bits per heavy atom. The van der Waals surface area contributed by atoms with E-state index in [1.807, 2.05) is 31.2 Å². The number of carbonyl (C=O) groups is 3. The number of aromatic nitrogens is 1. The molecule has 2 heterocycles. The van der Waals surface area contributed by atoms with Crippen molar-refractivity contribution >= 4 is 34.2 Å². The van der Waals surface area contributed by atoms with Gasteiger partial charge in [0.2, 0.25) is 17.7 Å². The molecule has 1 aliphatic heterocycles. The topological polar surface area (TPSA) is 88.6 Å². The Balaban J connectivity index is 1.44. The molecule has 4 rings (SSSR count). The predicted molar refractivity (Wildman–Crippen MR) is 110 cm³/mol. The van der Waals surface area contributed by atoms with Gasteiger partial charge in [0.1, 0.15) is 12.3 Å². The number of nitrogens with zero attached hydrogens (tertiary/aromatic N) is 2. The van der Waals surface area contributed by atoms with Crippen molar-refractivity contribution in [3.05, 3.63) is 29.1 Å². The molecule has 1 saturated carbocycles. The van der Waals surface area contributed by atoms with Crippen LogP contribution in [0, 0.1) is 18.8 Å². The molecule has 7 nitrogen and oxygen atoms in total. The van der Waals surface area contributed by atoms with E-state index in [4.69, 9.17) is 4.74 Å². The van der Waals surface area contributed by atoms with E-state index in [-0.39, 0.29) is 30.2 Å². The van der Waals surface area contributed by atoms with Crippen LogP contribution >= 0.6 is 11.3 Å². The van der Waals surface area contributed by atoms with Crippen LogP contribution in [-0.4, -0.2) is 41.3 Å². The molecule has 29 heavy (non-hydrogen) atoms. The SMILES string of the molecule is COc1ccc(-c2nc(NC(=O)CN3C(=O)[C@H]4CCCC[C@H]4C3=O)sc2C)cc1. The molecule has 1 aliphatic carbocycles. The van der Waals surface area contributed by atoms with Crippen LogP contribution in [0.2, 0.25) is 0 Å². The summed E-state index contributed by atoms with van der Waals surface area (Å²) in [5, 5.41) is 3.20. The lowest BCUT2D eigenvalue weighted by Crippen LogP contribution is -2.38. The lowest BCUT2D eigenvalue weighted by atomic mass is 9.81. The Labute approximate surface area is 173 Å². The number of hydrogen-bond donors (Lipinski definition) is 1. The molecule has 2 fully saturated rings. The number of methoxy groups -OCH3 is 1. The van der Waals surface area contributed by atoms with Crippen molar-refractivity contribution in [2.75, 3.05) is 19.0 Å². The van der Waals surface area contributed by atoms with Gasteiger partial charge in [-0.25, -0.2) is 4.98 Å². The number of aryl methyl sites for hydroxylation is 1. The van der Waals surface area contributed by atoms with Gasteiger partial charge in [-0.2, -0.15) is 0 Å². The summed E-state index contributed by atoms with van der Waals surface area (Å²) in [6.45, 7) is 1.69. The number of amides is 3. The van der Waals surface area contributed by atoms with Gasteiger partial charge in [0, 0.05) is 10.4 Å². The number of hydrogen-bond acceptors (Lipinski definition) is 6. The van der Waals surface area contributed by atoms with Crippen molar-refractivity contribution in [2.24, 2.45) is 11.8 Å². The number of imide groups is 1. The fraction of sp³-hybridized carbons (Fsp3) is 0.429. The molecule has 2 aliphatic rings. The van der Waals surface area contributed by atoms with Gasteiger partial charge in [-0.1, -0.05) is 12.8 Å². The quantitative estimate of drug-likeness (QED) is 0.760. The first kappa shape index (κ1) is 19.6. The second kappa shape index (κ2) is 7.94. The second-order valence-corrected chi connectivity index (χ2v) is 8.66. The average Bonchev–Trinajstić information content (AvgIpc) is 3.21. The van der Waals surface area contributed by atoms with Crippen LogP contribution in [0.1, 0.15) is 30.6 Å². The zero-order valence-electron chi connectivity index (χ0n) is 16.4. The number of carbonyl (C=O) groups excluding carboxylic acids is 3. The van der Waals surface area contributed by atoms with Gasteiger partial charge in [0.25, 0.3) is 0 Å². The normalized spacial score (nSPS) is 21.2. The van der Waals surface area contributed by atoms with Crippen LogP contribution in [0.5, 0.6) is 5.75 Å². The molecule has 0 radical (unpaired) electrons. The lowest BCUT2D eigenvalue weighted by molar-refractivity contribution is -0.142. The molecular formula is C21H23N3O4S. The second-order valence-electron chi connectivity index (χ2n) is 7.46. The molecule has 1 aromatic heterocycles. The highest BCUT2D eigenvalue weighted by Gasteiger charge is 2.48. The monoisotopic (exact) mass is 413 g/mol. The number of likely N-dealkylation sites (tertiary alicyclic amines) is 1. The predicted octanol–water partition coefficient (Wildman–Crippen LogP) is 3.24. The van der Waals surface area contributed by atoms with E-state index in [9.17, 15) is 14.4 Å². The van der Waals surface area contributed by atoms with E-state index in [2.05, 4.69) is 10.3 Å². The zero-order valence-corrected chi connectivity index (χ0v) is 17.3. The van der Waals surface area contributed by atoms with Gasteiger partial charge in [0.15, 0.2) is 5.13 Å². The third kappa shape index (κ3) is 3.76. The lowest BCUT2D eigenvalue weighted by Gasteiger charge is -2.19. The fourth-order valence-corrected chi connectivity index (χ4v) is 5.01. The van der Waals surface area contributed by atoms with Gasteiger partial charge >= 0.3 is 0 Å². The molecule has 152 valence electrons. The fourth-order valence-electron chi connectivity index (χ4n) is 4.16. The Morgan fingerprint density at radius 2 is 1.79 bits per heavy atom. The largest absolute Gasteiger partial charge is 0.497 e. The summed E-state index contributed by atoms with van der Waals surface area (Å²) < 4.78 is 5.17. The number of thiazole rings is 1. The Kier molecular flexibility index (Phi) is 5.36. The number of rotatable bonds is 5. The minimum absolute atomic E-state index is 0.205. The van der Waals surface area contributed by atoms with Gasteiger partial charge in [-0.05, 0) is 44.0 Å². The summed E-state index contributed by atoms with van der Waals surface area (Å²) in [6.07, 6.45) is 3.41. The zero-order chi connectivity index (χ0) is 20.5. The summed E-state index contributed by atoms with van der Waals surface area (Å²) in [5.74, 6) is -0.537. The van der Waals surface area contributed by atoms with Crippen molar-refractivity contribution in [3.8, 4) is 17.0 Å². The molecule has 8 heteroatoms. The Bertz CT molecular complexity index is 929. The van der Waals surface area contributed by atoms with Crippen molar-refractivity contribution in [1.29, 1.82) is 0 Å². The molecule has 1 aromatic carbocycles. The first-order valence-corrected chi connectivity index (χ1v) is 10.6. The van der Waals surface area contributed by atoms with E-state index >= 15 is 0 Å². The molecule has 3 amide bonds. The van der Waals surface area contributed by atoms with Crippen LogP contribution in [0.3, 0.4) is 0 Å². The first-order chi connectivity index (χ1) is 14.0. The van der Waals surface area contributed by atoms with E-state index in [1.54, 1.807) is 7.11 Å². The molecule has 2 atom stereocenters. The number of anilines is 1. The highest BCUT2D eigenvalue weighted by Crippen LogP contribution is 2.38. The number of fused-ring (bicyclic) bond motifs is 1. The smallest absolute Gasteiger partial charge is 0.246 e. The molecule has 0 spiro atoms. The van der Waals surface area contributed by atoms with Crippen LogP contribution in [0.25, 0.3) is 11.3 Å². The van der Waals surface area contributed by atoms with Gasteiger partial charge < -0.3 is 10.1 Å². The third-order valence-corrected chi connectivity index (χ3v) is 6.53. The average molecular weight is 413 g/mol. The van der Waals surface area contributed by atoms with E-state index in [0.717, 1.165) is 52.5 Å². The Morgan fingerprint density at radius 3 is 2.38 bits per heavy atom. The summed E-state index contributed by atoms with van der Waals surface area (Å²) in [4.78, 5) is 44.2. The molecular weight excluding hydrogens is 390 g/mol. The van der Waals surface area contributed by atoms with Gasteiger partial charge in [-0.15, -0.1) is 11.3 Å². The summed E-state index contributed by atoms with van der Waals surface area (Å²) in [7, 11) is 1.61. The summed E-state index contributed by atoms with van der Waals surface area (Å²) >= 11 is 1.36. The minimum Gasteiger partial charge on any atom is -0.497 e. The highest BCUT2D eigenvalue weighted by atomic mass is 32.1. The van der Waals surface area contributed by atoms with Crippen LogP contribution < -0.4 is 10.1 Å². The van der Waals surface area contributed by atoms with Crippen LogP contribution in [-0.2, 0) is 14.4 Å². The number of ether oxygens (including phenoxy) is 1. The van der Waals surface area contributed by atoms with E-state index in [1.165, 1.54) is 11.3 Å². The minimum atomic E-state index is -0.402. The molecule has 1 N–H and O–H groups in total. The van der Waals surface area contributed by atoms with Gasteiger partial charge in [-0.3, -0.25) is 19.3 Å². The molecule has 1 saturated heterocycles.